The molecular weight excluding hydrogens is 208 g/mol. The van der Waals surface area contributed by atoms with Gasteiger partial charge in [0.15, 0.2) is 12.0 Å². The minimum atomic E-state index is -0.874. The lowest BCUT2D eigenvalue weighted by molar-refractivity contribution is -0.127. The smallest absolute Gasteiger partial charge is 0.185 e. The maximum atomic E-state index is 12.0. The van der Waals surface area contributed by atoms with Crippen molar-refractivity contribution in [3.05, 3.63) is 23.7 Å². The first-order valence-corrected chi connectivity index (χ1v) is 5.15. The Balaban J connectivity index is 3.13. The summed E-state index contributed by atoms with van der Waals surface area (Å²) >= 11 is 0. The molecule has 16 heavy (non-hydrogen) atoms. The third-order valence-corrected chi connectivity index (χ3v) is 2.48. The van der Waals surface area contributed by atoms with E-state index in [1.165, 1.54) is 6.08 Å². The number of allylic oxidation sites excluding steroid dienone is 3. The molecule has 0 aromatic rings. The quantitative estimate of drug-likeness (QED) is 0.729. The maximum absolute atomic E-state index is 12.0. The molecule has 4 heteroatoms. The largest absolute Gasteiger partial charge is 0.456 e. The van der Waals surface area contributed by atoms with Gasteiger partial charge in [0.1, 0.15) is 18.1 Å². The number of hydrogen-bond donors (Lipinski definition) is 1. The molecule has 1 unspecified atom stereocenters. The number of rotatable bonds is 4. The highest BCUT2D eigenvalue weighted by Gasteiger charge is 2.34. The Kier molecular flexibility index (Phi) is 3.65. The van der Waals surface area contributed by atoms with Crippen LogP contribution >= 0.6 is 0 Å². The molecule has 0 saturated carbocycles. The second-order valence-corrected chi connectivity index (χ2v) is 4.34. The summed E-state index contributed by atoms with van der Waals surface area (Å²) < 4.78 is 5.06. The number of ketones is 1. The highest BCUT2D eigenvalue weighted by Crippen LogP contribution is 2.32. The molecule has 0 bridgehead atoms. The van der Waals surface area contributed by atoms with E-state index in [4.69, 9.17) is 9.84 Å². The van der Waals surface area contributed by atoms with Crippen molar-refractivity contribution in [3.63, 3.8) is 0 Å². The van der Waals surface area contributed by atoms with E-state index in [9.17, 15) is 9.59 Å². The van der Waals surface area contributed by atoms with Crippen molar-refractivity contribution >= 4 is 12.1 Å². The number of aliphatic hydroxyl groups is 1. The molecule has 1 rings (SSSR count). The lowest BCUT2D eigenvalue weighted by Gasteiger charge is -2.28. The summed E-state index contributed by atoms with van der Waals surface area (Å²) in [6.07, 6.45) is 3.58. The van der Waals surface area contributed by atoms with Gasteiger partial charge in [-0.3, -0.25) is 9.59 Å². The Morgan fingerprint density at radius 3 is 2.62 bits per heavy atom. The van der Waals surface area contributed by atoms with Gasteiger partial charge in [-0.15, -0.1) is 0 Å². The van der Waals surface area contributed by atoms with Crippen molar-refractivity contribution < 1.29 is 19.4 Å². The van der Waals surface area contributed by atoms with Crippen LogP contribution < -0.4 is 0 Å². The zero-order valence-electron chi connectivity index (χ0n) is 9.69. The highest BCUT2D eigenvalue weighted by molar-refractivity contribution is 5.91. The van der Waals surface area contributed by atoms with Crippen LogP contribution in [0.3, 0.4) is 0 Å². The number of ether oxygens (including phenoxy) is 1. The fraction of sp³-hybridized carbons (Fsp3) is 0.500. The first-order chi connectivity index (χ1) is 7.42. The van der Waals surface area contributed by atoms with Crippen molar-refractivity contribution in [1.29, 1.82) is 0 Å². The van der Waals surface area contributed by atoms with Crippen molar-refractivity contribution in [3.8, 4) is 0 Å². The standard InChI is InChI=1S/C12H16O4/c1-8(2)11(15)12(3)4-9(6-13)16-10(5-12)7-14/h4-6,8,14H,7H2,1-3H3. The number of aldehydes is 1. The average molecular weight is 224 g/mol. The van der Waals surface area contributed by atoms with Gasteiger partial charge in [0.25, 0.3) is 0 Å². The number of hydrogen-bond acceptors (Lipinski definition) is 4. The van der Waals surface area contributed by atoms with Crippen LogP contribution in [0.4, 0.5) is 0 Å². The topological polar surface area (TPSA) is 63.6 Å². The predicted octanol–water partition coefficient (Wildman–Crippen LogP) is 1.21. The summed E-state index contributed by atoms with van der Waals surface area (Å²) in [6, 6.07) is 0. The molecule has 0 aliphatic carbocycles. The summed E-state index contributed by atoms with van der Waals surface area (Å²) in [5, 5.41) is 9.01. The van der Waals surface area contributed by atoms with Gasteiger partial charge in [-0.2, -0.15) is 0 Å². The van der Waals surface area contributed by atoms with E-state index in [1.807, 2.05) is 0 Å². The van der Waals surface area contributed by atoms with Gasteiger partial charge < -0.3 is 9.84 Å². The van der Waals surface area contributed by atoms with Gasteiger partial charge in [-0.25, -0.2) is 0 Å². The highest BCUT2D eigenvalue weighted by atomic mass is 16.5. The number of carbonyl (C=O) groups excluding carboxylic acids is 2. The SMILES string of the molecule is CC(C)C(=O)C1(C)C=C(C=O)OC(CO)=C1. The van der Waals surface area contributed by atoms with E-state index in [0.717, 1.165) is 0 Å². The van der Waals surface area contributed by atoms with Crippen LogP contribution in [-0.2, 0) is 14.3 Å². The van der Waals surface area contributed by atoms with Gasteiger partial charge in [0, 0.05) is 5.92 Å². The van der Waals surface area contributed by atoms with Gasteiger partial charge in [-0.05, 0) is 19.1 Å². The van der Waals surface area contributed by atoms with Gasteiger partial charge in [0.2, 0.25) is 0 Å². The average Bonchev–Trinajstić information content (AvgIpc) is 2.26. The Morgan fingerprint density at radius 2 is 2.19 bits per heavy atom. The number of carbonyl (C=O) groups is 2. The van der Waals surface area contributed by atoms with Gasteiger partial charge >= 0.3 is 0 Å². The van der Waals surface area contributed by atoms with Crippen molar-refractivity contribution in [2.45, 2.75) is 20.8 Å². The first kappa shape index (κ1) is 12.6. The molecule has 0 fully saturated rings. The van der Waals surface area contributed by atoms with Crippen LogP contribution in [0.25, 0.3) is 0 Å². The lowest BCUT2D eigenvalue weighted by Crippen LogP contribution is -2.31. The van der Waals surface area contributed by atoms with Gasteiger partial charge in [0.05, 0.1) is 5.41 Å². The molecule has 0 saturated heterocycles. The van der Waals surface area contributed by atoms with E-state index in [2.05, 4.69) is 0 Å². The summed E-state index contributed by atoms with van der Waals surface area (Å²) in [7, 11) is 0. The fourth-order valence-corrected chi connectivity index (χ4v) is 1.78. The van der Waals surface area contributed by atoms with E-state index < -0.39 is 5.41 Å². The predicted molar refractivity (Wildman–Crippen MR) is 58.4 cm³/mol. The van der Waals surface area contributed by atoms with Crippen molar-refractivity contribution in [2.75, 3.05) is 6.61 Å². The molecule has 88 valence electrons. The summed E-state index contributed by atoms with van der Waals surface area (Å²) in [4.78, 5) is 22.7. The summed E-state index contributed by atoms with van der Waals surface area (Å²) in [5.41, 5.74) is -0.874. The zero-order chi connectivity index (χ0) is 12.3. The van der Waals surface area contributed by atoms with Crippen LogP contribution in [0.2, 0.25) is 0 Å². The first-order valence-electron chi connectivity index (χ1n) is 5.15. The van der Waals surface area contributed by atoms with E-state index in [1.54, 1.807) is 26.8 Å². The second-order valence-electron chi connectivity index (χ2n) is 4.34. The summed E-state index contributed by atoms with van der Waals surface area (Å²) in [6.45, 7) is 4.97. The van der Waals surface area contributed by atoms with Crippen LogP contribution in [-0.4, -0.2) is 23.8 Å². The van der Waals surface area contributed by atoms with E-state index in [-0.39, 0.29) is 29.8 Å². The van der Waals surface area contributed by atoms with Crippen molar-refractivity contribution in [1.82, 2.24) is 0 Å². The fourth-order valence-electron chi connectivity index (χ4n) is 1.78. The van der Waals surface area contributed by atoms with Crippen LogP contribution in [0.15, 0.2) is 23.7 Å². The molecule has 0 spiro atoms. The number of aliphatic hydroxyl groups excluding tert-OH is 1. The monoisotopic (exact) mass is 224 g/mol. The maximum Gasteiger partial charge on any atom is 0.185 e. The molecule has 1 atom stereocenters. The van der Waals surface area contributed by atoms with Gasteiger partial charge in [-0.1, -0.05) is 13.8 Å². The Bertz CT molecular complexity index is 365. The molecule has 0 aromatic heterocycles. The van der Waals surface area contributed by atoms with E-state index in [0.29, 0.717) is 6.29 Å². The minimum absolute atomic E-state index is 0.0129. The van der Waals surface area contributed by atoms with E-state index >= 15 is 0 Å². The normalized spacial score (nSPS) is 24.6. The second kappa shape index (κ2) is 4.61. The zero-order valence-corrected chi connectivity index (χ0v) is 9.69. The third kappa shape index (κ3) is 2.39. The molecule has 1 heterocycles. The van der Waals surface area contributed by atoms with Crippen molar-refractivity contribution in [2.24, 2.45) is 11.3 Å². The molecule has 1 N–H and O–H groups in total. The third-order valence-electron chi connectivity index (χ3n) is 2.48. The Labute approximate surface area is 94.6 Å². The number of Topliss-reactive ketones (excluding diaryl/α,β-unsaturated/α-hetero) is 1. The summed E-state index contributed by atoms with van der Waals surface area (Å²) in [5.74, 6) is 0.147. The molecule has 0 aromatic carbocycles. The molecule has 0 radical (unpaired) electrons. The lowest BCUT2D eigenvalue weighted by atomic mass is 9.78. The molecular formula is C12H16O4. The minimum Gasteiger partial charge on any atom is -0.456 e. The molecule has 4 nitrogen and oxygen atoms in total. The Morgan fingerprint density at radius 1 is 1.56 bits per heavy atom. The van der Waals surface area contributed by atoms with Crippen LogP contribution in [0.1, 0.15) is 20.8 Å². The van der Waals surface area contributed by atoms with Crippen LogP contribution in [0.5, 0.6) is 0 Å². The molecule has 1 aliphatic heterocycles. The molecule has 0 amide bonds. The Hall–Kier alpha value is -1.42. The molecule has 1 aliphatic rings. The van der Waals surface area contributed by atoms with Crippen LogP contribution in [0, 0.1) is 11.3 Å².